The third kappa shape index (κ3) is 1.63. The van der Waals surface area contributed by atoms with Crippen LogP contribution in [0.15, 0.2) is 17.4 Å². The van der Waals surface area contributed by atoms with Gasteiger partial charge in [-0.25, -0.2) is 15.0 Å². The minimum atomic E-state index is 0.357. The van der Waals surface area contributed by atoms with Crippen LogP contribution in [0.5, 0.6) is 0 Å². The van der Waals surface area contributed by atoms with Crippen molar-refractivity contribution in [1.82, 2.24) is 9.97 Å². The van der Waals surface area contributed by atoms with Crippen LogP contribution < -0.4 is 5.73 Å². The maximum Gasteiger partial charge on any atom is 0.195 e. The first-order chi connectivity index (χ1) is 4.84. The fourth-order valence-corrected chi connectivity index (χ4v) is 0.751. The quantitative estimate of drug-likeness (QED) is 0.599. The number of rotatable bonds is 1. The molecule has 1 heterocycles. The second-order valence-corrected chi connectivity index (χ2v) is 2.05. The number of nitrogen functional groups attached to an aromatic ring is 1. The molecule has 0 saturated carbocycles. The van der Waals surface area contributed by atoms with E-state index in [2.05, 4.69) is 15.0 Å². The Morgan fingerprint density at radius 1 is 1.50 bits per heavy atom. The largest absolute Gasteiger partial charge is 0.381 e. The standard InChI is InChI=1S/C5H5IN4/c6-3-10-5-4(7)8-1-2-9-5/h1-3H,(H2,7,8)/b10-3-. The van der Waals surface area contributed by atoms with Crippen molar-refractivity contribution in [2.45, 2.75) is 0 Å². The minimum Gasteiger partial charge on any atom is -0.381 e. The van der Waals surface area contributed by atoms with E-state index < -0.39 is 0 Å². The Balaban J connectivity index is 3.03. The predicted molar refractivity (Wildman–Crippen MR) is 48.6 cm³/mol. The van der Waals surface area contributed by atoms with Gasteiger partial charge in [0.2, 0.25) is 0 Å². The summed E-state index contributed by atoms with van der Waals surface area (Å²) in [5.74, 6) is 0.826. The molecule has 0 atom stereocenters. The first-order valence-corrected chi connectivity index (χ1v) is 3.78. The van der Waals surface area contributed by atoms with Gasteiger partial charge in [0.05, 0.1) is 4.22 Å². The number of aliphatic imine (C=N–C) groups is 1. The van der Waals surface area contributed by atoms with E-state index in [0.717, 1.165) is 0 Å². The second-order valence-electron chi connectivity index (χ2n) is 1.49. The molecule has 0 aliphatic carbocycles. The molecule has 0 unspecified atom stereocenters. The molecule has 0 saturated heterocycles. The summed E-state index contributed by atoms with van der Waals surface area (Å²) in [4.78, 5) is 11.5. The Bertz CT molecular complexity index is 247. The van der Waals surface area contributed by atoms with Crippen LogP contribution >= 0.6 is 22.6 Å². The smallest absolute Gasteiger partial charge is 0.195 e. The highest BCUT2D eigenvalue weighted by Gasteiger charge is 1.94. The third-order valence-electron chi connectivity index (χ3n) is 0.877. The molecule has 1 rings (SSSR count). The minimum absolute atomic E-state index is 0.357. The van der Waals surface area contributed by atoms with Crippen molar-refractivity contribution < 1.29 is 0 Å². The Labute approximate surface area is 71.7 Å². The zero-order chi connectivity index (χ0) is 7.40. The van der Waals surface area contributed by atoms with Crippen molar-refractivity contribution in [3.63, 3.8) is 0 Å². The van der Waals surface area contributed by atoms with Gasteiger partial charge in [0.25, 0.3) is 0 Å². The number of hydrogen-bond acceptors (Lipinski definition) is 4. The van der Waals surface area contributed by atoms with E-state index >= 15 is 0 Å². The molecule has 52 valence electrons. The van der Waals surface area contributed by atoms with E-state index in [1.807, 2.05) is 22.6 Å². The molecule has 2 N–H and O–H groups in total. The van der Waals surface area contributed by atoms with Crippen LogP contribution in [0.25, 0.3) is 0 Å². The van der Waals surface area contributed by atoms with Crippen LogP contribution in [0, 0.1) is 0 Å². The van der Waals surface area contributed by atoms with Crippen LogP contribution in [0.4, 0.5) is 11.6 Å². The first-order valence-electron chi connectivity index (χ1n) is 2.54. The molecule has 0 spiro atoms. The fraction of sp³-hybridized carbons (Fsp3) is 0. The Morgan fingerprint density at radius 2 is 2.20 bits per heavy atom. The van der Waals surface area contributed by atoms with Gasteiger partial charge in [0.15, 0.2) is 11.6 Å². The van der Waals surface area contributed by atoms with Gasteiger partial charge >= 0.3 is 0 Å². The molecule has 0 bridgehead atoms. The lowest BCUT2D eigenvalue weighted by atomic mass is 10.6. The molecule has 0 aliphatic rings. The molecule has 1 aromatic rings. The van der Waals surface area contributed by atoms with E-state index in [-0.39, 0.29) is 0 Å². The van der Waals surface area contributed by atoms with Crippen molar-refractivity contribution in [2.75, 3.05) is 5.73 Å². The van der Waals surface area contributed by atoms with Crippen molar-refractivity contribution in [3.05, 3.63) is 12.4 Å². The monoisotopic (exact) mass is 248 g/mol. The van der Waals surface area contributed by atoms with Crippen molar-refractivity contribution in [1.29, 1.82) is 0 Å². The molecule has 10 heavy (non-hydrogen) atoms. The summed E-state index contributed by atoms with van der Waals surface area (Å²) in [5.41, 5.74) is 5.42. The molecule has 1 aromatic heterocycles. The Kier molecular flexibility index (Phi) is 2.55. The van der Waals surface area contributed by atoms with E-state index in [9.17, 15) is 0 Å². The maximum atomic E-state index is 5.42. The number of aromatic nitrogens is 2. The highest BCUT2D eigenvalue weighted by atomic mass is 127. The van der Waals surface area contributed by atoms with E-state index in [4.69, 9.17) is 5.73 Å². The van der Waals surface area contributed by atoms with E-state index in [1.54, 1.807) is 10.4 Å². The summed E-state index contributed by atoms with van der Waals surface area (Å²) in [5, 5.41) is 0. The second kappa shape index (κ2) is 3.45. The van der Waals surface area contributed by atoms with Gasteiger partial charge < -0.3 is 5.73 Å². The van der Waals surface area contributed by atoms with Crippen LogP contribution in [0.1, 0.15) is 0 Å². The summed E-state index contributed by atoms with van der Waals surface area (Å²) in [6.07, 6.45) is 3.08. The third-order valence-corrected chi connectivity index (χ3v) is 1.16. The molecular formula is C5H5IN4. The maximum absolute atomic E-state index is 5.42. The van der Waals surface area contributed by atoms with E-state index in [1.165, 1.54) is 6.20 Å². The molecule has 0 amide bonds. The van der Waals surface area contributed by atoms with Gasteiger partial charge in [-0.2, -0.15) is 0 Å². The van der Waals surface area contributed by atoms with Crippen LogP contribution in [-0.2, 0) is 0 Å². The number of nitrogens with zero attached hydrogens (tertiary/aromatic N) is 3. The highest BCUT2D eigenvalue weighted by molar-refractivity contribution is 14.1. The summed E-state index contributed by atoms with van der Waals surface area (Å²) in [7, 11) is 0. The molecule has 0 fully saturated rings. The van der Waals surface area contributed by atoms with Gasteiger partial charge in [-0.1, -0.05) is 0 Å². The fourth-order valence-electron chi connectivity index (χ4n) is 0.487. The molecular weight excluding hydrogens is 243 g/mol. The summed E-state index contributed by atoms with van der Waals surface area (Å²) in [6.45, 7) is 0. The molecule has 4 nitrogen and oxygen atoms in total. The van der Waals surface area contributed by atoms with Crippen molar-refractivity contribution in [2.24, 2.45) is 4.99 Å². The first kappa shape index (κ1) is 7.39. The zero-order valence-electron chi connectivity index (χ0n) is 5.03. The lowest BCUT2D eigenvalue weighted by molar-refractivity contribution is 1.19. The molecule has 5 heteroatoms. The average molecular weight is 248 g/mol. The predicted octanol–water partition coefficient (Wildman–Crippen LogP) is 1.15. The van der Waals surface area contributed by atoms with Gasteiger partial charge in [-0.15, -0.1) is 0 Å². The normalized spacial score (nSPS) is 10.5. The van der Waals surface area contributed by atoms with Gasteiger partial charge in [0.1, 0.15) is 0 Å². The Morgan fingerprint density at radius 3 is 2.80 bits per heavy atom. The SMILES string of the molecule is Nc1nccnc1/N=C\I. The van der Waals surface area contributed by atoms with Crippen molar-refractivity contribution >= 4 is 38.4 Å². The van der Waals surface area contributed by atoms with Gasteiger partial charge in [0, 0.05) is 12.4 Å². The lowest BCUT2D eigenvalue weighted by Crippen LogP contribution is -1.90. The van der Waals surface area contributed by atoms with Gasteiger partial charge in [-0.3, -0.25) is 0 Å². The zero-order valence-corrected chi connectivity index (χ0v) is 7.19. The summed E-state index contributed by atoms with van der Waals surface area (Å²) >= 11 is 1.99. The van der Waals surface area contributed by atoms with E-state index in [0.29, 0.717) is 11.6 Å². The molecule has 0 radical (unpaired) electrons. The topological polar surface area (TPSA) is 64.2 Å². The Hall–Kier alpha value is -0.720. The summed E-state index contributed by atoms with van der Waals surface area (Å²) < 4.78 is 1.60. The number of halogens is 1. The molecule has 0 aromatic carbocycles. The number of anilines is 1. The lowest BCUT2D eigenvalue weighted by Gasteiger charge is -1.92. The van der Waals surface area contributed by atoms with Gasteiger partial charge in [-0.05, 0) is 22.6 Å². The molecule has 0 aliphatic heterocycles. The van der Waals surface area contributed by atoms with Crippen LogP contribution in [0.3, 0.4) is 0 Å². The number of nitrogens with two attached hydrogens (primary N) is 1. The van der Waals surface area contributed by atoms with Crippen LogP contribution in [0.2, 0.25) is 0 Å². The average Bonchev–Trinajstić information content (AvgIpc) is 1.94. The van der Waals surface area contributed by atoms with Crippen molar-refractivity contribution in [3.8, 4) is 0 Å². The highest BCUT2D eigenvalue weighted by Crippen LogP contribution is 2.12. The number of hydrogen-bond donors (Lipinski definition) is 1. The van der Waals surface area contributed by atoms with Crippen LogP contribution in [-0.4, -0.2) is 14.2 Å². The summed E-state index contributed by atoms with van der Waals surface area (Å²) in [6, 6.07) is 0.